The summed E-state index contributed by atoms with van der Waals surface area (Å²) in [5, 5.41) is 2.98. The number of rotatable bonds is 6. The normalized spacial score (nSPS) is 16.9. The Balaban J connectivity index is 1.51. The molecule has 0 fully saturated rings. The van der Waals surface area contributed by atoms with E-state index in [1.54, 1.807) is 25.1 Å². The van der Waals surface area contributed by atoms with E-state index in [4.69, 9.17) is 4.74 Å². The van der Waals surface area contributed by atoms with Gasteiger partial charge in [0.05, 0.1) is 11.8 Å². The van der Waals surface area contributed by atoms with Crippen LogP contribution in [0.3, 0.4) is 0 Å². The van der Waals surface area contributed by atoms with Crippen LogP contribution in [0.1, 0.15) is 36.9 Å². The minimum Gasteiger partial charge on any atom is -0.452 e. The molecule has 0 aromatic heterocycles. The fourth-order valence-electron chi connectivity index (χ4n) is 3.18. The van der Waals surface area contributed by atoms with Crippen LogP contribution in [0.4, 0.5) is 4.39 Å². The number of amides is 1. The third-order valence-corrected chi connectivity index (χ3v) is 5.57. The predicted molar refractivity (Wildman–Crippen MR) is 103 cm³/mol. The van der Waals surface area contributed by atoms with E-state index >= 15 is 0 Å². The van der Waals surface area contributed by atoms with Crippen molar-refractivity contribution >= 4 is 23.6 Å². The third-order valence-electron chi connectivity index (χ3n) is 4.55. The summed E-state index contributed by atoms with van der Waals surface area (Å²) in [4.78, 5) is 24.8. The number of fused-ring (bicyclic) bond motifs is 1. The van der Waals surface area contributed by atoms with Gasteiger partial charge in [-0.05, 0) is 49.4 Å². The molecule has 0 unspecified atom stereocenters. The highest BCUT2D eigenvalue weighted by molar-refractivity contribution is 8.00. The lowest BCUT2D eigenvalue weighted by molar-refractivity contribution is -0.152. The van der Waals surface area contributed by atoms with E-state index in [-0.39, 0.29) is 23.5 Å². The Morgan fingerprint density at radius 2 is 1.96 bits per heavy atom. The lowest BCUT2D eigenvalue weighted by Gasteiger charge is -2.27. The number of hydrogen-bond donors (Lipinski definition) is 1. The van der Waals surface area contributed by atoms with Crippen LogP contribution in [0.25, 0.3) is 0 Å². The van der Waals surface area contributed by atoms with Gasteiger partial charge in [0.1, 0.15) is 5.82 Å². The van der Waals surface area contributed by atoms with E-state index in [2.05, 4.69) is 11.4 Å². The molecule has 27 heavy (non-hydrogen) atoms. The topological polar surface area (TPSA) is 55.4 Å². The first kappa shape index (κ1) is 19.4. The van der Waals surface area contributed by atoms with Gasteiger partial charge in [-0.25, -0.2) is 4.39 Å². The van der Waals surface area contributed by atoms with E-state index < -0.39 is 12.1 Å². The van der Waals surface area contributed by atoms with Crippen LogP contribution in [-0.2, 0) is 20.7 Å². The van der Waals surface area contributed by atoms with E-state index in [0.29, 0.717) is 4.90 Å². The Hall–Kier alpha value is -2.34. The van der Waals surface area contributed by atoms with E-state index in [1.807, 2.05) is 18.2 Å². The zero-order valence-corrected chi connectivity index (χ0v) is 15.9. The molecule has 0 saturated carbocycles. The van der Waals surface area contributed by atoms with Crippen molar-refractivity contribution in [3.8, 4) is 0 Å². The van der Waals surface area contributed by atoms with Crippen LogP contribution in [0.15, 0.2) is 53.4 Å². The predicted octanol–water partition coefficient (Wildman–Crippen LogP) is 4.04. The number of benzene rings is 2. The Morgan fingerprint density at radius 1 is 1.22 bits per heavy atom. The van der Waals surface area contributed by atoms with Gasteiger partial charge in [0.25, 0.3) is 5.91 Å². The SMILES string of the molecule is C[C@H](OC(=O)CSc1ccccc1F)C(=O)N[C@H]1CCCc2ccccc21. The summed E-state index contributed by atoms with van der Waals surface area (Å²) in [6, 6.07) is 14.3. The van der Waals surface area contributed by atoms with Crippen molar-refractivity contribution in [1.82, 2.24) is 5.32 Å². The van der Waals surface area contributed by atoms with Crippen molar-refractivity contribution in [2.75, 3.05) is 5.75 Å². The molecule has 0 aliphatic heterocycles. The molecule has 142 valence electrons. The molecule has 0 radical (unpaired) electrons. The second kappa shape index (κ2) is 9.04. The molecule has 3 rings (SSSR count). The summed E-state index contributed by atoms with van der Waals surface area (Å²) in [6.07, 6.45) is 2.00. The summed E-state index contributed by atoms with van der Waals surface area (Å²) >= 11 is 1.05. The number of nitrogens with one attached hydrogen (secondary N) is 1. The second-order valence-electron chi connectivity index (χ2n) is 6.50. The Bertz CT molecular complexity index is 827. The molecular weight excluding hydrogens is 365 g/mol. The minimum atomic E-state index is -0.896. The average molecular weight is 387 g/mol. The molecule has 1 N–H and O–H groups in total. The quantitative estimate of drug-likeness (QED) is 0.600. The highest BCUT2D eigenvalue weighted by Gasteiger charge is 2.25. The maximum atomic E-state index is 13.6. The lowest BCUT2D eigenvalue weighted by atomic mass is 9.87. The maximum absolute atomic E-state index is 13.6. The lowest BCUT2D eigenvalue weighted by Crippen LogP contribution is -2.39. The van der Waals surface area contributed by atoms with Crippen LogP contribution < -0.4 is 5.32 Å². The summed E-state index contributed by atoms with van der Waals surface area (Å²) in [5.41, 5.74) is 2.38. The largest absolute Gasteiger partial charge is 0.452 e. The monoisotopic (exact) mass is 387 g/mol. The van der Waals surface area contributed by atoms with Crippen LogP contribution in [-0.4, -0.2) is 23.7 Å². The third kappa shape index (κ3) is 5.10. The van der Waals surface area contributed by atoms with Gasteiger partial charge in [0.2, 0.25) is 0 Å². The van der Waals surface area contributed by atoms with Crippen LogP contribution in [0.5, 0.6) is 0 Å². The molecule has 4 nitrogen and oxygen atoms in total. The first-order chi connectivity index (χ1) is 13.0. The van der Waals surface area contributed by atoms with E-state index in [1.165, 1.54) is 11.6 Å². The van der Waals surface area contributed by atoms with Crippen molar-refractivity contribution in [3.63, 3.8) is 0 Å². The van der Waals surface area contributed by atoms with Crippen molar-refractivity contribution in [3.05, 3.63) is 65.5 Å². The zero-order chi connectivity index (χ0) is 19.2. The first-order valence-corrected chi connectivity index (χ1v) is 9.98. The fraction of sp³-hybridized carbons (Fsp3) is 0.333. The fourth-order valence-corrected chi connectivity index (χ4v) is 3.90. The Kier molecular flexibility index (Phi) is 6.50. The van der Waals surface area contributed by atoms with E-state index in [0.717, 1.165) is 36.6 Å². The molecule has 0 saturated heterocycles. The summed E-state index contributed by atoms with van der Waals surface area (Å²) < 4.78 is 18.8. The van der Waals surface area contributed by atoms with Crippen LogP contribution in [0.2, 0.25) is 0 Å². The van der Waals surface area contributed by atoms with Gasteiger partial charge >= 0.3 is 5.97 Å². The average Bonchev–Trinajstić information content (AvgIpc) is 2.67. The van der Waals surface area contributed by atoms with Gasteiger partial charge in [-0.2, -0.15) is 0 Å². The van der Waals surface area contributed by atoms with Crippen molar-refractivity contribution in [1.29, 1.82) is 0 Å². The number of carbonyl (C=O) groups is 2. The van der Waals surface area contributed by atoms with Gasteiger partial charge in [-0.15, -0.1) is 11.8 Å². The highest BCUT2D eigenvalue weighted by Crippen LogP contribution is 2.29. The Morgan fingerprint density at radius 3 is 2.78 bits per heavy atom. The van der Waals surface area contributed by atoms with Crippen LogP contribution in [0, 0.1) is 5.82 Å². The van der Waals surface area contributed by atoms with Crippen molar-refractivity contribution in [2.24, 2.45) is 0 Å². The van der Waals surface area contributed by atoms with Gasteiger partial charge in [0.15, 0.2) is 6.10 Å². The smallest absolute Gasteiger partial charge is 0.317 e. The number of ether oxygens (including phenoxy) is 1. The maximum Gasteiger partial charge on any atom is 0.317 e. The van der Waals surface area contributed by atoms with Crippen molar-refractivity contribution < 1.29 is 18.7 Å². The molecule has 0 heterocycles. The summed E-state index contributed by atoms with van der Waals surface area (Å²) in [6.45, 7) is 1.55. The number of carbonyl (C=O) groups excluding carboxylic acids is 2. The summed E-state index contributed by atoms with van der Waals surface area (Å²) in [7, 11) is 0. The molecule has 2 aromatic carbocycles. The highest BCUT2D eigenvalue weighted by atomic mass is 32.2. The number of esters is 1. The van der Waals surface area contributed by atoms with Gasteiger partial charge < -0.3 is 10.1 Å². The van der Waals surface area contributed by atoms with Gasteiger partial charge in [0, 0.05) is 4.90 Å². The zero-order valence-electron chi connectivity index (χ0n) is 15.1. The molecule has 0 spiro atoms. The molecule has 6 heteroatoms. The first-order valence-electron chi connectivity index (χ1n) is 8.99. The number of halogens is 1. The molecule has 1 aliphatic rings. The summed E-state index contributed by atoms with van der Waals surface area (Å²) in [5.74, 6) is -1.29. The van der Waals surface area contributed by atoms with E-state index in [9.17, 15) is 14.0 Å². The molecule has 1 amide bonds. The number of hydrogen-bond acceptors (Lipinski definition) is 4. The standard InChI is InChI=1S/C21H22FNO3S/c1-14(26-20(24)13-27-19-12-5-4-10-17(19)22)21(25)23-18-11-6-8-15-7-2-3-9-16(15)18/h2-5,7,9-10,12,14,18H,6,8,11,13H2,1H3,(H,23,25)/t14-,18-/m0/s1. The number of thioether (sulfide) groups is 1. The Labute approximate surface area is 162 Å². The molecular formula is C21H22FNO3S. The van der Waals surface area contributed by atoms with Gasteiger partial charge in [-0.1, -0.05) is 36.4 Å². The number of aryl methyl sites for hydroxylation is 1. The van der Waals surface area contributed by atoms with Crippen LogP contribution >= 0.6 is 11.8 Å². The van der Waals surface area contributed by atoms with Gasteiger partial charge in [-0.3, -0.25) is 9.59 Å². The molecule has 2 aromatic rings. The van der Waals surface area contributed by atoms with Crippen molar-refractivity contribution in [2.45, 2.75) is 43.2 Å². The minimum absolute atomic E-state index is 0.0508. The second-order valence-corrected chi connectivity index (χ2v) is 7.52. The molecule has 2 atom stereocenters. The molecule has 1 aliphatic carbocycles. The molecule has 0 bridgehead atoms.